The molecule has 0 aliphatic carbocycles. The van der Waals surface area contributed by atoms with Gasteiger partial charge in [0.15, 0.2) is 0 Å². The average Bonchev–Trinajstić information content (AvgIpc) is 2.72. The van der Waals surface area contributed by atoms with Crippen LogP contribution in [0.25, 0.3) is 0 Å². The number of hydrogen-bond donors (Lipinski definition) is 0. The van der Waals surface area contributed by atoms with Gasteiger partial charge in [-0.25, -0.2) is 0 Å². The maximum absolute atomic E-state index is 11.7. The molecule has 1 aromatic heterocycles. The summed E-state index contributed by atoms with van der Waals surface area (Å²) >= 11 is 0. The third kappa shape index (κ3) is 2.23. The van der Waals surface area contributed by atoms with Crippen LogP contribution in [-0.2, 0) is 16.0 Å². The molecule has 2 rings (SSSR count). The Bertz CT molecular complexity index is 283. The molecule has 1 unspecified atom stereocenters. The molecule has 0 radical (unpaired) electrons. The minimum Gasteiger partial charge on any atom is -0.472 e. The van der Waals surface area contributed by atoms with E-state index in [0.29, 0.717) is 13.0 Å². The first-order valence-electron chi connectivity index (χ1n) is 4.98. The standard InChI is InChI=1S/C11H14O3/c12-11(6-9-3-5-14-7-9)10-2-1-4-13-8-10/h3,5,7,10H,1-2,4,6,8H2. The summed E-state index contributed by atoms with van der Waals surface area (Å²) in [6, 6.07) is 1.83. The molecule has 1 saturated heterocycles. The molecule has 0 amide bonds. The zero-order chi connectivity index (χ0) is 9.80. The molecule has 0 N–H and O–H groups in total. The zero-order valence-electron chi connectivity index (χ0n) is 8.07. The largest absolute Gasteiger partial charge is 0.472 e. The predicted octanol–water partition coefficient (Wildman–Crippen LogP) is 1.82. The second kappa shape index (κ2) is 4.42. The lowest BCUT2D eigenvalue weighted by Gasteiger charge is -2.20. The number of furan rings is 1. The van der Waals surface area contributed by atoms with Gasteiger partial charge in [0, 0.05) is 18.9 Å². The van der Waals surface area contributed by atoms with Gasteiger partial charge in [-0.2, -0.15) is 0 Å². The van der Waals surface area contributed by atoms with E-state index in [4.69, 9.17) is 9.15 Å². The van der Waals surface area contributed by atoms with Gasteiger partial charge in [0.2, 0.25) is 0 Å². The van der Waals surface area contributed by atoms with Crippen LogP contribution in [-0.4, -0.2) is 19.0 Å². The first-order valence-corrected chi connectivity index (χ1v) is 4.98. The summed E-state index contributed by atoms with van der Waals surface area (Å²) in [6.45, 7) is 1.40. The monoisotopic (exact) mass is 194 g/mol. The minimum atomic E-state index is 0.0960. The molecule has 76 valence electrons. The van der Waals surface area contributed by atoms with E-state index in [2.05, 4.69) is 0 Å². The van der Waals surface area contributed by atoms with Crippen molar-refractivity contribution in [2.45, 2.75) is 19.3 Å². The highest BCUT2D eigenvalue weighted by atomic mass is 16.5. The topological polar surface area (TPSA) is 39.4 Å². The van der Waals surface area contributed by atoms with Crippen LogP contribution in [0.2, 0.25) is 0 Å². The number of rotatable bonds is 3. The predicted molar refractivity (Wildman–Crippen MR) is 51.0 cm³/mol. The highest BCUT2D eigenvalue weighted by Crippen LogP contribution is 2.16. The van der Waals surface area contributed by atoms with Crippen molar-refractivity contribution in [2.24, 2.45) is 5.92 Å². The quantitative estimate of drug-likeness (QED) is 0.736. The van der Waals surface area contributed by atoms with Gasteiger partial charge in [-0.15, -0.1) is 0 Å². The van der Waals surface area contributed by atoms with Crippen LogP contribution in [0.4, 0.5) is 0 Å². The van der Waals surface area contributed by atoms with Crippen LogP contribution < -0.4 is 0 Å². The fourth-order valence-corrected chi connectivity index (χ4v) is 1.73. The number of ether oxygens (including phenoxy) is 1. The van der Waals surface area contributed by atoms with E-state index in [1.54, 1.807) is 12.5 Å². The van der Waals surface area contributed by atoms with Crippen molar-refractivity contribution in [3.05, 3.63) is 24.2 Å². The number of hydrogen-bond acceptors (Lipinski definition) is 3. The van der Waals surface area contributed by atoms with Crippen LogP contribution in [0.3, 0.4) is 0 Å². The van der Waals surface area contributed by atoms with Gasteiger partial charge in [-0.1, -0.05) is 0 Å². The summed E-state index contributed by atoms with van der Waals surface area (Å²) in [7, 11) is 0. The van der Waals surface area contributed by atoms with Crippen molar-refractivity contribution in [1.82, 2.24) is 0 Å². The SMILES string of the molecule is O=C(Cc1ccoc1)C1CCCOC1. The van der Waals surface area contributed by atoms with Crippen LogP contribution in [0.1, 0.15) is 18.4 Å². The molecule has 1 fully saturated rings. The normalized spacial score (nSPS) is 22.1. The summed E-state index contributed by atoms with van der Waals surface area (Å²) in [5.74, 6) is 0.366. The van der Waals surface area contributed by atoms with E-state index in [1.807, 2.05) is 6.07 Å². The number of Topliss-reactive ketones (excluding diaryl/α,β-unsaturated/α-hetero) is 1. The van der Waals surface area contributed by atoms with Crippen LogP contribution in [0.15, 0.2) is 23.0 Å². The molecular formula is C11H14O3. The van der Waals surface area contributed by atoms with Gasteiger partial charge in [0.05, 0.1) is 19.1 Å². The molecule has 14 heavy (non-hydrogen) atoms. The van der Waals surface area contributed by atoms with Gasteiger partial charge in [-0.3, -0.25) is 4.79 Å². The molecule has 3 heteroatoms. The van der Waals surface area contributed by atoms with E-state index in [9.17, 15) is 4.79 Å². The van der Waals surface area contributed by atoms with Gasteiger partial charge in [0.1, 0.15) is 5.78 Å². The average molecular weight is 194 g/mol. The molecule has 3 nitrogen and oxygen atoms in total. The summed E-state index contributed by atoms with van der Waals surface area (Å²) < 4.78 is 10.2. The first-order chi connectivity index (χ1) is 6.86. The molecule has 2 heterocycles. The van der Waals surface area contributed by atoms with Gasteiger partial charge in [0.25, 0.3) is 0 Å². The third-order valence-corrected chi connectivity index (χ3v) is 2.57. The van der Waals surface area contributed by atoms with E-state index < -0.39 is 0 Å². The lowest BCUT2D eigenvalue weighted by Crippen LogP contribution is -2.26. The number of carbonyl (C=O) groups excluding carboxylic acids is 1. The van der Waals surface area contributed by atoms with Crippen molar-refractivity contribution in [3.8, 4) is 0 Å². The lowest BCUT2D eigenvalue weighted by molar-refractivity contribution is -0.126. The van der Waals surface area contributed by atoms with E-state index in [1.165, 1.54) is 0 Å². The number of ketones is 1. The Labute approximate surface area is 83.0 Å². The van der Waals surface area contributed by atoms with Crippen LogP contribution in [0, 0.1) is 5.92 Å². The Morgan fingerprint density at radius 1 is 1.57 bits per heavy atom. The Hall–Kier alpha value is -1.09. The van der Waals surface area contributed by atoms with E-state index in [-0.39, 0.29) is 11.7 Å². The fourth-order valence-electron chi connectivity index (χ4n) is 1.73. The maximum Gasteiger partial charge on any atom is 0.142 e. The second-order valence-electron chi connectivity index (χ2n) is 3.69. The lowest BCUT2D eigenvalue weighted by atomic mass is 9.94. The molecule has 0 spiro atoms. The molecule has 1 atom stereocenters. The maximum atomic E-state index is 11.7. The molecule has 1 aromatic rings. The highest BCUT2D eigenvalue weighted by Gasteiger charge is 2.21. The zero-order valence-corrected chi connectivity index (χ0v) is 8.07. The van der Waals surface area contributed by atoms with Crippen LogP contribution >= 0.6 is 0 Å². The summed E-state index contributed by atoms with van der Waals surface area (Å²) in [5, 5.41) is 0. The van der Waals surface area contributed by atoms with E-state index in [0.717, 1.165) is 25.0 Å². The van der Waals surface area contributed by atoms with Crippen molar-refractivity contribution >= 4 is 5.78 Å². The Balaban J connectivity index is 1.88. The second-order valence-corrected chi connectivity index (χ2v) is 3.69. The Morgan fingerprint density at radius 2 is 2.50 bits per heavy atom. The molecule has 1 aliphatic heterocycles. The molecule has 1 aliphatic rings. The summed E-state index contributed by atoms with van der Waals surface area (Å²) in [6.07, 6.45) is 5.67. The fraction of sp³-hybridized carbons (Fsp3) is 0.545. The summed E-state index contributed by atoms with van der Waals surface area (Å²) in [4.78, 5) is 11.7. The molecule has 0 aromatic carbocycles. The van der Waals surface area contributed by atoms with E-state index >= 15 is 0 Å². The Kier molecular flexibility index (Phi) is 2.99. The third-order valence-electron chi connectivity index (χ3n) is 2.57. The molecular weight excluding hydrogens is 180 g/mol. The molecule has 0 saturated carbocycles. The van der Waals surface area contributed by atoms with Gasteiger partial charge < -0.3 is 9.15 Å². The van der Waals surface area contributed by atoms with Gasteiger partial charge in [-0.05, 0) is 24.5 Å². The smallest absolute Gasteiger partial charge is 0.142 e. The van der Waals surface area contributed by atoms with Gasteiger partial charge >= 0.3 is 0 Å². The number of carbonyl (C=O) groups is 1. The van der Waals surface area contributed by atoms with Crippen molar-refractivity contribution in [2.75, 3.05) is 13.2 Å². The summed E-state index contributed by atoms with van der Waals surface area (Å²) in [5.41, 5.74) is 0.959. The van der Waals surface area contributed by atoms with Crippen molar-refractivity contribution in [1.29, 1.82) is 0 Å². The molecule has 0 bridgehead atoms. The Morgan fingerprint density at radius 3 is 3.14 bits per heavy atom. The van der Waals surface area contributed by atoms with Crippen LogP contribution in [0.5, 0.6) is 0 Å². The highest BCUT2D eigenvalue weighted by molar-refractivity contribution is 5.83. The van der Waals surface area contributed by atoms with Crippen molar-refractivity contribution < 1.29 is 13.9 Å². The minimum absolute atomic E-state index is 0.0960. The van der Waals surface area contributed by atoms with Crippen molar-refractivity contribution in [3.63, 3.8) is 0 Å². The first kappa shape index (κ1) is 9.46.